The first-order chi connectivity index (χ1) is 21.8. The van der Waals surface area contributed by atoms with Gasteiger partial charge in [0.2, 0.25) is 0 Å². The van der Waals surface area contributed by atoms with E-state index in [-0.39, 0.29) is 0 Å². The predicted molar refractivity (Wildman–Crippen MR) is 192 cm³/mol. The summed E-state index contributed by atoms with van der Waals surface area (Å²) in [6.45, 7) is 15.3. The molecule has 238 valence electrons. The highest BCUT2D eigenvalue weighted by atomic mass is 79.9. The summed E-state index contributed by atoms with van der Waals surface area (Å²) in [6.07, 6.45) is 1.13. The minimum absolute atomic E-state index is 0.564. The maximum absolute atomic E-state index is 5.53. The van der Waals surface area contributed by atoms with E-state index in [2.05, 4.69) is 123 Å². The van der Waals surface area contributed by atoms with E-state index >= 15 is 0 Å². The highest BCUT2D eigenvalue weighted by Gasteiger charge is 2.19. The Morgan fingerprint density at radius 2 is 1.36 bits per heavy atom. The normalized spacial score (nSPS) is 22.2. The van der Waals surface area contributed by atoms with Crippen LogP contribution in [0.15, 0.2) is 94.3 Å². The summed E-state index contributed by atoms with van der Waals surface area (Å²) in [4.78, 5) is 1.48. The van der Waals surface area contributed by atoms with Crippen molar-refractivity contribution >= 4 is 27.7 Å². The average molecular weight is 688 g/mol. The minimum Gasteiger partial charge on any atom is -0.493 e. The lowest BCUT2D eigenvalue weighted by Gasteiger charge is -2.23. The maximum atomic E-state index is 5.53. The van der Waals surface area contributed by atoms with Crippen LogP contribution in [-0.4, -0.2) is 25.6 Å². The Morgan fingerprint density at radius 1 is 0.667 bits per heavy atom. The molecule has 4 aromatic rings. The van der Waals surface area contributed by atoms with Crippen molar-refractivity contribution in [3.05, 3.63) is 128 Å². The molecule has 45 heavy (non-hydrogen) atoms. The second-order valence-electron chi connectivity index (χ2n) is 12.6. The van der Waals surface area contributed by atoms with Crippen LogP contribution in [0.5, 0.6) is 5.75 Å². The second-order valence-corrected chi connectivity index (χ2v) is 14.6. The molecular weight excluding hydrogens is 640 g/mol. The molecule has 4 atom stereocenters. The van der Waals surface area contributed by atoms with Gasteiger partial charge in [0.1, 0.15) is 5.75 Å². The zero-order valence-electron chi connectivity index (χ0n) is 27.4. The standard InChI is InChI=1S/C11H14O.C10H11BrO.C10H12O.C9H10S/c1-8-4-3-5-10-9(2)6-12-7-11(8)10;1-7-4-5-12-10-3-2-8(11)6-9(7)10;1-8-6-11-7-9-4-2-3-5-10(8)9;1-7-6-10-9-5-3-2-4-8(7)9/h3-5,9H,6-7H2,1-2H3;2-3,6-7H,4-5H2,1H3;2-5,8H,6-7H2,1H3;2-5,7H,6H2,1H3. The quantitative estimate of drug-likeness (QED) is 0.184. The van der Waals surface area contributed by atoms with Crippen molar-refractivity contribution < 1.29 is 14.2 Å². The van der Waals surface area contributed by atoms with Crippen molar-refractivity contribution in [2.24, 2.45) is 0 Å². The molecule has 0 fully saturated rings. The molecule has 0 amide bonds. The first-order valence-electron chi connectivity index (χ1n) is 16.3. The van der Waals surface area contributed by atoms with E-state index in [0.29, 0.717) is 17.8 Å². The van der Waals surface area contributed by atoms with Gasteiger partial charge in [0, 0.05) is 27.0 Å². The summed E-state index contributed by atoms with van der Waals surface area (Å²) in [6, 6.07) is 29.9. The van der Waals surface area contributed by atoms with Crippen LogP contribution in [0, 0.1) is 6.92 Å². The summed E-state index contributed by atoms with van der Waals surface area (Å²) in [5, 5.41) is 0. The fourth-order valence-electron chi connectivity index (χ4n) is 6.25. The Morgan fingerprint density at radius 3 is 2.11 bits per heavy atom. The third kappa shape index (κ3) is 8.83. The molecule has 0 N–H and O–H groups in total. The molecule has 0 radical (unpaired) electrons. The zero-order chi connectivity index (χ0) is 31.8. The van der Waals surface area contributed by atoms with Crippen LogP contribution >= 0.6 is 27.7 Å². The summed E-state index contributed by atoms with van der Waals surface area (Å²) in [5.41, 5.74) is 9.91. The minimum atomic E-state index is 0.564. The van der Waals surface area contributed by atoms with E-state index in [4.69, 9.17) is 14.2 Å². The number of hydrogen-bond donors (Lipinski definition) is 0. The number of ether oxygens (including phenoxy) is 3. The smallest absolute Gasteiger partial charge is 0.122 e. The third-order valence-corrected chi connectivity index (χ3v) is 10.9. The molecule has 5 heteroatoms. The Kier molecular flexibility index (Phi) is 12.2. The van der Waals surface area contributed by atoms with Crippen molar-refractivity contribution in [1.82, 2.24) is 0 Å². The van der Waals surface area contributed by atoms with Crippen molar-refractivity contribution in [1.29, 1.82) is 0 Å². The van der Waals surface area contributed by atoms with Gasteiger partial charge < -0.3 is 14.2 Å². The summed E-state index contributed by atoms with van der Waals surface area (Å²) < 4.78 is 17.6. The zero-order valence-corrected chi connectivity index (χ0v) is 29.8. The SMILES string of the molecule is CC1CCOc2ccc(Br)cc21.CC1COCc2ccccc21.CC1CSc2ccccc21.Cc1cccc2c1COCC2C. The van der Waals surface area contributed by atoms with Gasteiger partial charge in [0.25, 0.3) is 0 Å². The molecular formula is C40H47BrO3S. The van der Waals surface area contributed by atoms with Gasteiger partial charge in [-0.2, -0.15) is 0 Å². The lowest BCUT2D eigenvalue weighted by Crippen LogP contribution is -2.15. The molecule has 8 rings (SSSR count). The summed E-state index contributed by atoms with van der Waals surface area (Å²) >= 11 is 5.44. The van der Waals surface area contributed by atoms with Crippen molar-refractivity contribution in [3.63, 3.8) is 0 Å². The average Bonchev–Trinajstić information content (AvgIpc) is 3.44. The fraction of sp³-hybridized carbons (Fsp3) is 0.400. The van der Waals surface area contributed by atoms with Crippen LogP contribution in [0.4, 0.5) is 0 Å². The largest absolute Gasteiger partial charge is 0.493 e. The molecule has 4 aromatic carbocycles. The van der Waals surface area contributed by atoms with Crippen LogP contribution < -0.4 is 4.74 Å². The molecule has 4 aliphatic heterocycles. The first-order valence-corrected chi connectivity index (χ1v) is 18.0. The predicted octanol–water partition coefficient (Wildman–Crippen LogP) is 11.2. The summed E-state index contributed by atoms with van der Waals surface area (Å²) in [5.74, 6) is 4.84. The number of thioether (sulfide) groups is 1. The third-order valence-electron chi connectivity index (χ3n) is 9.05. The molecule has 0 saturated heterocycles. The number of hydrogen-bond acceptors (Lipinski definition) is 4. The topological polar surface area (TPSA) is 27.7 Å². The Balaban J connectivity index is 0.000000119. The van der Waals surface area contributed by atoms with Crippen LogP contribution in [0.1, 0.15) is 96.7 Å². The highest BCUT2D eigenvalue weighted by Crippen LogP contribution is 2.38. The van der Waals surface area contributed by atoms with Crippen molar-refractivity contribution in [2.75, 3.05) is 25.6 Å². The molecule has 0 bridgehead atoms. The van der Waals surface area contributed by atoms with Gasteiger partial charge in [-0.05, 0) is 88.4 Å². The number of benzene rings is 4. The summed E-state index contributed by atoms with van der Waals surface area (Å²) in [7, 11) is 0. The molecule has 4 heterocycles. The number of aryl methyl sites for hydroxylation is 1. The van der Waals surface area contributed by atoms with Gasteiger partial charge in [-0.3, -0.25) is 0 Å². The molecule has 0 spiro atoms. The molecule has 4 unspecified atom stereocenters. The van der Waals surface area contributed by atoms with Gasteiger partial charge >= 0.3 is 0 Å². The number of fused-ring (bicyclic) bond motifs is 4. The van der Waals surface area contributed by atoms with E-state index in [1.807, 2.05) is 23.9 Å². The second kappa shape index (κ2) is 16.3. The van der Waals surface area contributed by atoms with E-state index in [9.17, 15) is 0 Å². The van der Waals surface area contributed by atoms with Gasteiger partial charge in [-0.25, -0.2) is 0 Å². The van der Waals surface area contributed by atoms with E-state index < -0.39 is 0 Å². The number of rotatable bonds is 0. The van der Waals surface area contributed by atoms with Gasteiger partial charge in [-0.15, -0.1) is 11.8 Å². The fourth-order valence-corrected chi connectivity index (χ4v) is 7.85. The van der Waals surface area contributed by atoms with Crippen molar-refractivity contribution in [2.45, 2.75) is 82.8 Å². The van der Waals surface area contributed by atoms with E-state index in [1.165, 1.54) is 49.6 Å². The van der Waals surface area contributed by atoms with Gasteiger partial charge in [-0.1, -0.05) is 104 Å². The Hall–Kier alpha value is -2.57. The Bertz CT molecular complexity index is 1550. The highest BCUT2D eigenvalue weighted by molar-refractivity contribution is 9.10. The molecule has 3 nitrogen and oxygen atoms in total. The first kappa shape index (κ1) is 33.8. The van der Waals surface area contributed by atoms with Crippen molar-refractivity contribution in [3.8, 4) is 5.75 Å². The van der Waals surface area contributed by atoms with Crippen LogP contribution in [0.25, 0.3) is 0 Å². The number of halogens is 1. The van der Waals surface area contributed by atoms with Gasteiger partial charge in [0.05, 0.1) is 33.0 Å². The Labute approximate surface area is 283 Å². The molecule has 0 saturated carbocycles. The van der Waals surface area contributed by atoms with Crippen LogP contribution in [0.2, 0.25) is 0 Å². The molecule has 4 aliphatic rings. The lowest BCUT2D eigenvalue weighted by atomic mass is 9.92. The van der Waals surface area contributed by atoms with Gasteiger partial charge in [0.15, 0.2) is 0 Å². The van der Waals surface area contributed by atoms with Crippen LogP contribution in [0.3, 0.4) is 0 Å². The molecule has 0 aromatic heterocycles. The van der Waals surface area contributed by atoms with E-state index in [1.54, 1.807) is 0 Å². The monoisotopic (exact) mass is 686 g/mol. The molecule has 0 aliphatic carbocycles. The lowest BCUT2D eigenvalue weighted by molar-refractivity contribution is 0.0946. The maximum Gasteiger partial charge on any atom is 0.122 e. The van der Waals surface area contributed by atoms with Crippen LogP contribution in [-0.2, 0) is 22.7 Å². The van der Waals surface area contributed by atoms with E-state index in [0.717, 1.165) is 55.6 Å².